The number of nitrogens with one attached hydrogen (secondary N) is 1. The average Bonchev–Trinajstić information content (AvgIpc) is 3.33. The second-order valence-electron chi connectivity index (χ2n) is 11.3. The molecule has 3 aromatic rings. The van der Waals surface area contributed by atoms with Gasteiger partial charge in [0.1, 0.15) is 18.5 Å². The number of amides is 3. The van der Waals surface area contributed by atoms with Crippen LogP contribution in [0.1, 0.15) is 36.5 Å². The zero-order chi connectivity index (χ0) is 30.7. The van der Waals surface area contributed by atoms with Crippen LogP contribution in [-0.2, 0) is 16.0 Å². The lowest BCUT2D eigenvalue weighted by Crippen LogP contribution is -2.48. The molecule has 1 aliphatic heterocycles. The van der Waals surface area contributed by atoms with Gasteiger partial charge in [-0.2, -0.15) is 0 Å². The lowest BCUT2D eigenvalue weighted by atomic mass is 9.98. The molecule has 0 unspecified atom stereocenters. The van der Waals surface area contributed by atoms with Crippen LogP contribution in [0.15, 0.2) is 66.7 Å². The standard InChI is InChI=1S/C33H37N3O7/c1-20-16-36(21(2)18-37)31(38)15-22-14-23(12-13-29(22)43-30(20)17-35(3)33(40)41)34-32(39)42-19-28-26-10-6-4-8-24(26)25-9-5-7-11-27(25)28/h4-14,20-21,28,30,37H,15-19H2,1-3H3,(H,34,39)(H,40,41)/t20-,21+,30+/m1/s1. The SMILES string of the molecule is C[C@@H]1CN([C@@H](C)CO)C(=O)Cc2cc(NC(=O)OCC3c4ccccc4-c4ccccc43)ccc2O[C@H]1CN(C)C(=O)O. The molecule has 10 heteroatoms. The molecule has 5 rings (SSSR count). The van der Waals surface area contributed by atoms with E-state index in [1.165, 1.54) is 7.05 Å². The Hall–Kier alpha value is -4.57. The molecule has 0 fully saturated rings. The van der Waals surface area contributed by atoms with Crippen LogP contribution >= 0.6 is 0 Å². The van der Waals surface area contributed by atoms with Crippen LogP contribution in [0.25, 0.3) is 11.1 Å². The van der Waals surface area contributed by atoms with Crippen LogP contribution < -0.4 is 10.1 Å². The van der Waals surface area contributed by atoms with Crippen molar-refractivity contribution in [3.8, 4) is 16.9 Å². The van der Waals surface area contributed by atoms with Gasteiger partial charge in [-0.1, -0.05) is 55.5 Å². The average molecular weight is 588 g/mol. The van der Waals surface area contributed by atoms with Crippen LogP contribution in [0, 0.1) is 5.92 Å². The number of carbonyl (C=O) groups excluding carboxylic acids is 2. The van der Waals surface area contributed by atoms with E-state index in [-0.39, 0.29) is 50.5 Å². The number of rotatable bonds is 7. The number of ether oxygens (including phenoxy) is 2. The summed E-state index contributed by atoms with van der Waals surface area (Å²) in [6.07, 6.45) is -2.29. The van der Waals surface area contributed by atoms with Crippen molar-refractivity contribution in [3.05, 3.63) is 83.4 Å². The third-order valence-corrected chi connectivity index (χ3v) is 8.29. The number of nitrogens with zero attached hydrogens (tertiary/aromatic N) is 2. The molecular formula is C33H37N3O7. The minimum absolute atomic E-state index is 0.0197. The molecule has 43 heavy (non-hydrogen) atoms. The highest BCUT2D eigenvalue weighted by Gasteiger charge is 2.32. The van der Waals surface area contributed by atoms with Gasteiger partial charge >= 0.3 is 12.2 Å². The van der Waals surface area contributed by atoms with Crippen molar-refractivity contribution in [1.29, 1.82) is 0 Å². The van der Waals surface area contributed by atoms with Gasteiger partial charge in [-0.15, -0.1) is 0 Å². The quantitative estimate of drug-likeness (QED) is 0.362. The fourth-order valence-corrected chi connectivity index (χ4v) is 5.83. The fraction of sp³-hybridized carbons (Fsp3) is 0.364. The predicted octanol–water partition coefficient (Wildman–Crippen LogP) is 4.81. The molecule has 3 amide bonds. The van der Waals surface area contributed by atoms with Crippen LogP contribution in [0.2, 0.25) is 0 Å². The summed E-state index contributed by atoms with van der Waals surface area (Å²) in [5, 5.41) is 22.0. The maximum absolute atomic E-state index is 13.4. The number of likely N-dealkylation sites (N-methyl/N-ethyl adjacent to an activating group) is 1. The van der Waals surface area contributed by atoms with Crippen LogP contribution in [-0.4, -0.2) is 83.6 Å². The number of hydrogen-bond donors (Lipinski definition) is 3. The van der Waals surface area contributed by atoms with Crippen molar-refractivity contribution in [1.82, 2.24) is 9.80 Å². The Labute approximate surface area is 250 Å². The molecule has 0 aromatic heterocycles. The van der Waals surface area contributed by atoms with Crippen molar-refractivity contribution in [3.63, 3.8) is 0 Å². The third-order valence-electron chi connectivity index (χ3n) is 8.29. The lowest BCUT2D eigenvalue weighted by molar-refractivity contribution is -0.134. The number of hydrogen-bond acceptors (Lipinski definition) is 6. The summed E-state index contributed by atoms with van der Waals surface area (Å²) in [6, 6.07) is 20.8. The summed E-state index contributed by atoms with van der Waals surface area (Å²) in [7, 11) is 1.46. The summed E-state index contributed by atoms with van der Waals surface area (Å²) in [5.41, 5.74) is 5.48. The Morgan fingerprint density at radius 2 is 1.74 bits per heavy atom. The summed E-state index contributed by atoms with van der Waals surface area (Å²) >= 11 is 0. The summed E-state index contributed by atoms with van der Waals surface area (Å²) in [5.74, 6) is -0.0836. The topological polar surface area (TPSA) is 129 Å². The van der Waals surface area contributed by atoms with Gasteiger partial charge in [0.25, 0.3) is 0 Å². The van der Waals surface area contributed by atoms with Gasteiger partial charge in [0.2, 0.25) is 5.91 Å². The highest BCUT2D eigenvalue weighted by molar-refractivity contribution is 5.86. The van der Waals surface area contributed by atoms with Gasteiger partial charge < -0.3 is 29.5 Å². The highest BCUT2D eigenvalue weighted by atomic mass is 16.5. The van der Waals surface area contributed by atoms with Gasteiger partial charge in [-0.05, 0) is 47.4 Å². The van der Waals surface area contributed by atoms with E-state index in [9.17, 15) is 24.6 Å². The van der Waals surface area contributed by atoms with E-state index in [1.807, 2.05) is 31.2 Å². The summed E-state index contributed by atoms with van der Waals surface area (Å²) in [4.78, 5) is 40.6. The minimum Gasteiger partial charge on any atom is -0.488 e. The van der Waals surface area contributed by atoms with Crippen molar-refractivity contribution in [2.45, 2.75) is 38.3 Å². The van der Waals surface area contributed by atoms with E-state index in [4.69, 9.17) is 9.47 Å². The number of benzene rings is 3. The molecule has 0 saturated heterocycles. The van der Waals surface area contributed by atoms with Crippen LogP contribution in [0.4, 0.5) is 15.3 Å². The van der Waals surface area contributed by atoms with E-state index in [0.29, 0.717) is 17.0 Å². The first-order valence-corrected chi connectivity index (χ1v) is 14.4. The smallest absolute Gasteiger partial charge is 0.411 e. The normalized spacial score (nSPS) is 18.6. The molecule has 1 aliphatic carbocycles. The third kappa shape index (κ3) is 6.44. The number of carbonyl (C=O) groups is 3. The second-order valence-corrected chi connectivity index (χ2v) is 11.3. The Morgan fingerprint density at radius 1 is 1.09 bits per heavy atom. The molecule has 3 aromatic carbocycles. The molecule has 0 bridgehead atoms. The molecular weight excluding hydrogens is 550 g/mol. The minimum atomic E-state index is -1.09. The van der Waals surface area contributed by atoms with E-state index >= 15 is 0 Å². The molecule has 3 N–H and O–H groups in total. The van der Waals surface area contributed by atoms with Crippen LogP contribution in [0.5, 0.6) is 5.75 Å². The Kier molecular flexibility index (Phi) is 8.86. The van der Waals surface area contributed by atoms with Crippen molar-refractivity contribution >= 4 is 23.8 Å². The van der Waals surface area contributed by atoms with Gasteiger partial charge in [0.15, 0.2) is 0 Å². The number of fused-ring (bicyclic) bond motifs is 4. The zero-order valence-corrected chi connectivity index (χ0v) is 24.5. The highest BCUT2D eigenvalue weighted by Crippen LogP contribution is 2.44. The van der Waals surface area contributed by atoms with E-state index in [2.05, 4.69) is 29.6 Å². The van der Waals surface area contributed by atoms with E-state index in [1.54, 1.807) is 30.0 Å². The molecule has 0 spiro atoms. The van der Waals surface area contributed by atoms with Crippen molar-refractivity contribution < 1.29 is 34.1 Å². The molecule has 2 aliphatic rings. The van der Waals surface area contributed by atoms with Gasteiger partial charge in [0.05, 0.1) is 25.6 Å². The summed E-state index contributed by atoms with van der Waals surface area (Å²) < 4.78 is 12.0. The first-order valence-electron chi connectivity index (χ1n) is 14.4. The fourth-order valence-electron chi connectivity index (χ4n) is 5.83. The monoisotopic (exact) mass is 587 g/mol. The van der Waals surface area contributed by atoms with Crippen molar-refractivity contribution in [2.24, 2.45) is 5.92 Å². The van der Waals surface area contributed by atoms with Gasteiger partial charge in [-0.3, -0.25) is 10.1 Å². The largest absolute Gasteiger partial charge is 0.488 e. The van der Waals surface area contributed by atoms with E-state index < -0.39 is 24.3 Å². The first kappa shape index (κ1) is 29.9. The lowest BCUT2D eigenvalue weighted by Gasteiger charge is -2.33. The summed E-state index contributed by atoms with van der Waals surface area (Å²) in [6.45, 7) is 3.98. The Morgan fingerprint density at radius 3 is 2.37 bits per heavy atom. The van der Waals surface area contributed by atoms with Gasteiger partial charge in [-0.25, -0.2) is 9.59 Å². The predicted molar refractivity (Wildman–Crippen MR) is 161 cm³/mol. The van der Waals surface area contributed by atoms with Crippen molar-refractivity contribution in [2.75, 3.05) is 38.7 Å². The maximum Gasteiger partial charge on any atom is 0.411 e. The molecule has 0 saturated carbocycles. The second kappa shape index (κ2) is 12.7. The number of carboxylic acid groups (broad SMARTS) is 1. The Balaban J connectivity index is 1.34. The number of aliphatic hydroxyl groups is 1. The van der Waals surface area contributed by atoms with Gasteiger partial charge in [0, 0.05) is 36.7 Å². The molecule has 10 nitrogen and oxygen atoms in total. The molecule has 1 heterocycles. The number of anilines is 1. The maximum atomic E-state index is 13.4. The van der Waals surface area contributed by atoms with Crippen LogP contribution in [0.3, 0.4) is 0 Å². The van der Waals surface area contributed by atoms with E-state index in [0.717, 1.165) is 27.2 Å². The zero-order valence-electron chi connectivity index (χ0n) is 24.5. The molecule has 0 radical (unpaired) electrons. The number of aliphatic hydroxyl groups excluding tert-OH is 1. The first-order chi connectivity index (χ1) is 20.7. The molecule has 226 valence electrons. The molecule has 3 atom stereocenters. The Bertz CT molecular complexity index is 1460.